The van der Waals surface area contributed by atoms with Gasteiger partial charge in [-0.2, -0.15) is 10.5 Å². The third-order valence-electron chi connectivity index (χ3n) is 4.53. The van der Waals surface area contributed by atoms with Crippen molar-refractivity contribution in [1.29, 1.82) is 10.5 Å². The van der Waals surface area contributed by atoms with Crippen molar-refractivity contribution >= 4 is 0 Å². The second kappa shape index (κ2) is 5.69. The van der Waals surface area contributed by atoms with E-state index in [1.54, 1.807) is 0 Å². The molecule has 0 saturated carbocycles. The fraction of sp³-hybridized carbons (Fsp3) is 0.857. The van der Waals surface area contributed by atoms with E-state index in [1.807, 2.05) is 13.8 Å². The first-order valence-corrected chi connectivity index (χ1v) is 6.78. The van der Waals surface area contributed by atoms with Crippen LogP contribution in [0.1, 0.15) is 40.5 Å². The van der Waals surface area contributed by atoms with E-state index in [4.69, 9.17) is 0 Å². The van der Waals surface area contributed by atoms with Crippen LogP contribution in [0, 0.1) is 22.7 Å². The second-order valence-corrected chi connectivity index (χ2v) is 5.45. The molecule has 1 aliphatic heterocycles. The second-order valence-electron chi connectivity index (χ2n) is 5.45. The number of hydrogen-bond acceptors (Lipinski definition) is 4. The van der Waals surface area contributed by atoms with Crippen molar-refractivity contribution in [2.75, 3.05) is 26.2 Å². The molecular formula is C14H24N4. The zero-order chi connectivity index (χ0) is 13.8. The predicted molar refractivity (Wildman–Crippen MR) is 71.8 cm³/mol. The maximum Gasteiger partial charge on any atom is 0.106 e. The molecule has 1 aliphatic rings. The van der Waals surface area contributed by atoms with Crippen molar-refractivity contribution in [3.63, 3.8) is 0 Å². The molecule has 0 aromatic rings. The summed E-state index contributed by atoms with van der Waals surface area (Å²) in [5, 5.41) is 18.6. The van der Waals surface area contributed by atoms with Crippen LogP contribution in [-0.4, -0.2) is 47.1 Å². The molecule has 0 radical (unpaired) electrons. The number of nitriles is 2. The Morgan fingerprint density at radius 2 is 1.11 bits per heavy atom. The molecule has 0 aliphatic carbocycles. The molecule has 0 bridgehead atoms. The van der Waals surface area contributed by atoms with Crippen LogP contribution < -0.4 is 0 Å². The Hall–Kier alpha value is -1.10. The van der Waals surface area contributed by atoms with Crippen LogP contribution in [0.15, 0.2) is 0 Å². The van der Waals surface area contributed by atoms with Crippen LogP contribution in [0.5, 0.6) is 0 Å². The van der Waals surface area contributed by atoms with Gasteiger partial charge in [-0.1, -0.05) is 13.8 Å². The third-order valence-corrected chi connectivity index (χ3v) is 4.53. The number of piperazine rings is 1. The molecule has 1 heterocycles. The summed E-state index contributed by atoms with van der Waals surface area (Å²) in [6, 6.07) is 4.84. The lowest BCUT2D eigenvalue weighted by Gasteiger charge is -2.45. The van der Waals surface area contributed by atoms with Crippen LogP contribution >= 0.6 is 0 Å². The molecule has 0 aromatic heterocycles. The van der Waals surface area contributed by atoms with Crippen molar-refractivity contribution < 1.29 is 0 Å². The first-order valence-electron chi connectivity index (χ1n) is 6.78. The average molecular weight is 248 g/mol. The van der Waals surface area contributed by atoms with E-state index >= 15 is 0 Å². The molecule has 2 unspecified atom stereocenters. The summed E-state index contributed by atoms with van der Waals surface area (Å²) in [7, 11) is 0. The Kier molecular flexibility index (Phi) is 4.73. The van der Waals surface area contributed by atoms with E-state index in [9.17, 15) is 10.5 Å². The Morgan fingerprint density at radius 3 is 1.28 bits per heavy atom. The maximum atomic E-state index is 9.30. The van der Waals surface area contributed by atoms with Crippen molar-refractivity contribution in [3.05, 3.63) is 0 Å². The van der Waals surface area contributed by atoms with Gasteiger partial charge in [0.25, 0.3) is 0 Å². The highest BCUT2D eigenvalue weighted by atomic mass is 15.3. The largest absolute Gasteiger partial charge is 0.283 e. The van der Waals surface area contributed by atoms with Gasteiger partial charge in [-0.05, 0) is 26.7 Å². The van der Waals surface area contributed by atoms with Crippen molar-refractivity contribution in [2.45, 2.75) is 51.6 Å². The van der Waals surface area contributed by atoms with Crippen molar-refractivity contribution in [3.8, 4) is 12.1 Å². The number of hydrogen-bond donors (Lipinski definition) is 0. The van der Waals surface area contributed by atoms with Crippen LogP contribution in [0.4, 0.5) is 0 Å². The molecular weight excluding hydrogens is 224 g/mol. The fourth-order valence-electron chi connectivity index (χ4n) is 2.44. The van der Waals surface area contributed by atoms with E-state index in [1.165, 1.54) is 0 Å². The molecule has 4 heteroatoms. The molecule has 0 amide bonds. The first-order chi connectivity index (χ1) is 8.45. The first kappa shape index (κ1) is 15.0. The standard InChI is InChI=1S/C14H24N4/c1-5-13(3,11-15)17-7-9-18(10-8-17)14(4,6-2)12-16/h5-10H2,1-4H3. The van der Waals surface area contributed by atoms with Gasteiger partial charge in [-0.25, -0.2) is 0 Å². The summed E-state index contributed by atoms with van der Waals surface area (Å²) in [5.74, 6) is 0. The molecule has 0 aromatic carbocycles. The minimum absolute atomic E-state index is 0.360. The minimum atomic E-state index is -0.360. The molecule has 1 saturated heterocycles. The molecule has 100 valence electrons. The van der Waals surface area contributed by atoms with Gasteiger partial charge in [0.05, 0.1) is 12.1 Å². The number of rotatable bonds is 4. The lowest BCUT2D eigenvalue weighted by molar-refractivity contribution is 0.0309. The highest BCUT2D eigenvalue weighted by Gasteiger charge is 2.37. The zero-order valence-electron chi connectivity index (χ0n) is 12.0. The minimum Gasteiger partial charge on any atom is -0.283 e. The Balaban J connectivity index is 2.68. The van der Waals surface area contributed by atoms with Gasteiger partial charge in [-0.15, -0.1) is 0 Å². The quantitative estimate of drug-likeness (QED) is 0.763. The Morgan fingerprint density at radius 1 is 0.833 bits per heavy atom. The molecule has 1 fully saturated rings. The fourth-order valence-corrected chi connectivity index (χ4v) is 2.44. The van der Waals surface area contributed by atoms with Gasteiger partial charge in [0.1, 0.15) is 11.1 Å². The van der Waals surface area contributed by atoms with E-state index in [2.05, 4.69) is 35.8 Å². The SMILES string of the molecule is CCC(C)(C#N)N1CCN(C(C)(C#N)CC)CC1. The summed E-state index contributed by atoms with van der Waals surface area (Å²) in [6.45, 7) is 11.6. The lowest BCUT2D eigenvalue weighted by atomic mass is 9.94. The molecule has 4 nitrogen and oxygen atoms in total. The Bertz CT molecular complexity index is 323. The van der Waals surface area contributed by atoms with E-state index in [0.29, 0.717) is 0 Å². The molecule has 1 rings (SSSR count). The summed E-state index contributed by atoms with van der Waals surface area (Å²) < 4.78 is 0. The van der Waals surface area contributed by atoms with Crippen molar-refractivity contribution in [2.24, 2.45) is 0 Å². The average Bonchev–Trinajstić information content (AvgIpc) is 2.45. The van der Waals surface area contributed by atoms with Gasteiger partial charge in [0, 0.05) is 26.2 Å². The van der Waals surface area contributed by atoms with E-state index in [-0.39, 0.29) is 11.1 Å². The number of nitrogens with zero attached hydrogens (tertiary/aromatic N) is 4. The lowest BCUT2D eigenvalue weighted by Crippen LogP contribution is -2.59. The third kappa shape index (κ3) is 2.66. The van der Waals surface area contributed by atoms with Gasteiger partial charge in [-0.3, -0.25) is 9.80 Å². The van der Waals surface area contributed by atoms with Gasteiger partial charge >= 0.3 is 0 Å². The molecule has 0 spiro atoms. The monoisotopic (exact) mass is 248 g/mol. The highest BCUT2D eigenvalue weighted by molar-refractivity contribution is 5.09. The summed E-state index contributed by atoms with van der Waals surface area (Å²) in [6.07, 6.45) is 1.68. The molecule has 2 atom stereocenters. The van der Waals surface area contributed by atoms with E-state index in [0.717, 1.165) is 39.0 Å². The smallest absolute Gasteiger partial charge is 0.106 e. The maximum absolute atomic E-state index is 9.30. The molecule has 0 N–H and O–H groups in total. The van der Waals surface area contributed by atoms with Crippen LogP contribution in [0.3, 0.4) is 0 Å². The summed E-state index contributed by atoms with van der Waals surface area (Å²) >= 11 is 0. The van der Waals surface area contributed by atoms with Gasteiger partial charge in [0.2, 0.25) is 0 Å². The van der Waals surface area contributed by atoms with Crippen LogP contribution in [0.25, 0.3) is 0 Å². The summed E-state index contributed by atoms with van der Waals surface area (Å²) in [4.78, 5) is 4.49. The van der Waals surface area contributed by atoms with Crippen LogP contribution in [0.2, 0.25) is 0 Å². The highest BCUT2D eigenvalue weighted by Crippen LogP contribution is 2.25. The topological polar surface area (TPSA) is 54.1 Å². The van der Waals surface area contributed by atoms with E-state index < -0.39 is 0 Å². The van der Waals surface area contributed by atoms with Gasteiger partial charge < -0.3 is 0 Å². The molecule has 18 heavy (non-hydrogen) atoms. The summed E-state index contributed by atoms with van der Waals surface area (Å²) in [5.41, 5.74) is -0.720. The van der Waals surface area contributed by atoms with Crippen molar-refractivity contribution in [1.82, 2.24) is 9.80 Å². The van der Waals surface area contributed by atoms with Crippen LogP contribution in [-0.2, 0) is 0 Å². The Labute approximate surface area is 111 Å². The normalized spacial score (nSPS) is 24.6. The zero-order valence-corrected chi connectivity index (χ0v) is 12.0. The van der Waals surface area contributed by atoms with Gasteiger partial charge in [0.15, 0.2) is 0 Å². The predicted octanol–water partition coefficient (Wildman–Crippen LogP) is 1.99.